The van der Waals surface area contributed by atoms with Gasteiger partial charge < -0.3 is 5.11 Å². The standard InChI is InChI=1S/C15H22OSi/c1-13(9-8-12-17(2,3)4)15(16)14-10-6-5-7-11-14/h5-7,9-13,15-16H,1-4H3/t8?,13-,15+/m0/s1. The molecule has 0 aliphatic carbocycles. The van der Waals surface area contributed by atoms with Crippen molar-refractivity contribution >= 4 is 8.07 Å². The van der Waals surface area contributed by atoms with Gasteiger partial charge in [-0.2, -0.15) is 0 Å². The van der Waals surface area contributed by atoms with Crippen molar-refractivity contribution in [2.45, 2.75) is 32.7 Å². The van der Waals surface area contributed by atoms with Crippen molar-refractivity contribution < 1.29 is 5.11 Å². The number of rotatable bonds is 4. The van der Waals surface area contributed by atoms with Gasteiger partial charge in [0.05, 0.1) is 14.2 Å². The Hall–Kier alpha value is -1.08. The molecule has 0 radical (unpaired) electrons. The van der Waals surface area contributed by atoms with Crippen LogP contribution in [0, 0.1) is 5.92 Å². The van der Waals surface area contributed by atoms with Crippen molar-refractivity contribution in [1.82, 2.24) is 0 Å². The molecule has 0 saturated carbocycles. The first kappa shape index (κ1) is 14.0. The third kappa shape index (κ3) is 5.18. The highest BCUT2D eigenvalue weighted by Crippen LogP contribution is 2.22. The van der Waals surface area contributed by atoms with Gasteiger partial charge in [0.2, 0.25) is 0 Å². The molecule has 1 aromatic rings. The zero-order valence-electron chi connectivity index (χ0n) is 11.1. The van der Waals surface area contributed by atoms with E-state index in [0.29, 0.717) is 0 Å². The Kier molecular flexibility index (Phi) is 4.95. The molecule has 0 aliphatic rings. The first-order valence-electron chi connectivity index (χ1n) is 6.07. The Morgan fingerprint density at radius 3 is 2.29 bits per heavy atom. The van der Waals surface area contributed by atoms with Crippen molar-refractivity contribution in [2.75, 3.05) is 0 Å². The van der Waals surface area contributed by atoms with E-state index in [4.69, 9.17) is 0 Å². The maximum absolute atomic E-state index is 10.1. The summed E-state index contributed by atoms with van der Waals surface area (Å²) in [5, 5.41) is 10.1. The Morgan fingerprint density at radius 2 is 1.76 bits per heavy atom. The van der Waals surface area contributed by atoms with E-state index in [2.05, 4.69) is 31.1 Å². The average Bonchev–Trinajstić information content (AvgIpc) is 2.27. The van der Waals surface area contributed by atoms with Crippen LogP contribution < -0.4 is 0 Å². The van der Waals surface area contributed by atoms with Crippen LogP contribution in [0.15, 0.2) is 47.8 Å². The fraction of sp³-hybridized carbons (Fsp3) is 0.400. The highest BCUT2D eigenvalue weighted by atomic mass is 28.3. The summed E-state index contributed by atoms with van der Waals surface area (Å²) in [6.45, 7) is 8.83. The number of hydrogen-bond donors (Lipinski definition) is 1. The molecule has 0 spiro atoms. The van der Waals surface area contributed by atoms with Crippen LogP contribution in [-0.4, -0.2) is 13.2 Å². The minimum Gasteiger partial charge on any atom is -0.388 e. The minimum atomic E-state index is -1.19. The van der Waals surface area contributed by atoms with E-state index in [0.717, 1.165) is 5.56 Å². The van der Waals surface area contributed by atoms with Crippen molar-refractivity contribution in [3.05, 3.63) is 53.4 Å². The second-order valence-electron chi connectivity index (χ2n) is 5.56. The van der Waals surface area contributed by atoms with Crippen molar-refractivity contribution in [1.29, 1.82) is 0 Å². The van der Waals surface area contributed by atoms with Gasteiger partial charge in [-0.3, -0.25) is 0 Å². The molecule has 1 N–H and O–H groups in total. The topological polar surface area (TPSA) is 20.2 Å². The lowest BCUT2D eigenvalue weighted by molar-refractivity contribution is 0.140. The smallest absolute Gasteiger partial charge is 0.0856 e. The van der Waals surface area contributed by atoms with E-state index in [9.17, 15) is 5.11 Å². The summed E-state index contributed by atoms with van der Waals surface area (Å²) < 4.78 is 0. The van der Waals surface area contributed by atoms with Gasteiger partial charge >= 0.3 is 0 Å². The van der Waals surface area contributed by atoms with Crippen molar-refractivity contribution in [2.24, 2.45) is 5.92 Å². The second kappa shape index (κ2) is 6.01. The van der Waals surface area contributed by atoms with E-state index in [-0.39, 0.29) is 5.92 Å². The molecule has 0 bridgehead atoms. The summed E-state index contributed by atoms with van der Waals surface area (Å²) >= 11 is 0. The SMILES string of the molecule is C[C@@H](C=C=C[Si](C)(C)C)[C@@H](O)c1ccccc1. The van der Waals surface area contributed by atoms with Crippen LogP contribution in [0.4, 0.5) is 0 Å². The quantitative estimate of drug-likeness (QED) is 0.630. The minimum absolute atomic E-state index is 0.0880. The molecule has 92 valence electrons. The van der Waals surface area contributed by atoms with Gasteiger partial charge in [-0.15, -0.1) is 5.73 Å². The Morgan fingerprint density at radius 1 is 1.18 bits per heavy atom. The summed E-state index contributed by atoms with van der Waals surface area (Å²) in [6.07, 6.45) is 1.52. The summed E-state index contributed by atoms with van der Waals surface area (Å²) in [4.78, 5) is 0. The molecule has 0 aliphatic heterocycles. The van der Waals surface area contributed by atoms with Crippen LogP contribution in [0.2, 0.25) is 19.6 Å². The molecule has 2 atom stereocenters. The highest BCUT2D eigenvalue weighted by molar-refractivity contribution is 6.80. The van der Waals surface area contributed by atoms with E-state index in [1.54, 1.807) is 0 Å². The van der Waals surface area contributed by atoms with Gasteiger partial charge in [-0.1, -0.05) is 62.6 Å². The number of aliphatic hydroxyl groups excluding tert-OH is 1. The first-order chi connectivity index (χ1) is 7.90. The molecule has 2 heteroatoms. The third-order valence-electron chi connectivity index (χ3n) is 2.51. The van der Waals surface area contributed by atoms with Crippen LogP contribution in [0.3, 0.4) is 0 Å². The predicted octanol–water partition coefficient (Wildman–Crippen LogP) is 3.94. The zero-order chi connectivity index (χ0) is 12.9. The average molecular weight is 246 g/mol. The summed E-state index contributed by atoms with van der Waals surface area (Å²) in [5.74, 6) is 0.0880. The lowest BCUT2D eigenvalue weighted by Crippen LogP contribution is -2.14. The Labute approximate surface area is 106 Å². The van der Waals surface area contributed by atoms with Gasteiger partial charge in [0.15, 0.2) is 0 Å². The fourth-order valence-electron chi connectivity index (χ4n) is 1.49. The summed E-state index contributed by atoms with van der Waals surface area (Å²) in [7, 11) is -1.19. The summed E-state index contributed by atoms with van der Waals surface area (Å²) in [6, 6.07) is 9.77. The van der Waals surface area contributed by atoms with Gasteiger partial charge in [0.25, 0.3) is 0 Å². The van der Waals surface area contributed by atoms with Gasteiger partial charge in [-0.05, 0) is 11.6 Å². The largest absolute Gasteiger partial charge is 0.388 e. The maximum atomic E-state index is 10.1. The molecule has 0 heterocycles. The molecular formula is C15H22OSi. The van der Waals surface area contributed by atoms with Crippen LogP contribution in [0.25, 0.3) is 0 Å². The van der Waals surface area contributed by atoms with Gasteiger partial charge in [-0.25, -0.2) is 0 Å². The molecule has 0 aromatic heterocycles. The van der Waals surface area contributed by atoms with Gasteiger partial charge in [0, 0.05) is 5.92 Å². The highest BCUT2D eigenvalue weighted by Gasteiger charge is 2.13. The first-order valence-corrected chi connectivity index (χ1v) is 9.64. The molecule has 17 heavy (non-hydrogen) atoms. The van der Waals surface area contributed by atoms with Crippen molar-refractivity contribution in [3.8, 4) is 0 Å². The maximum Gasteiger partial charge on any atom is 0.0856 e. The normalized spacial score (nSPS) is 14.6. The molecule has 1 aromatic carbocycles. The molecular weight excluding hydrogens is 224 g/mol. The van der Waals surface area contributed by atoms with E-state index in [1.165, 1.54) is 0 Å². The fourth-order valence-corrected chi connectivity index (χ4v) is 2.09. The third-order valence-corrected chi connectivity index (χ3v) is 3.55. The summed E-state index contributed by atoms with van der Waals surface area (Å²) in [5.41, 5.74) is 6.36. The monoisotopic (exact) mass is 246 g/mol. The Balaban J connectivity index is 2.72. The van der Waals surface area contributed by atoms with Crippen molar-refractivity contribution in [3.63, 3.8) is 0 Å². The number of benzene rings is 1. The molecule has 0 amide bonds. The second-order valence-corrected chi connectivity index (χ2v) is 10.6. The zero-order valence-corrected chi connectivity index (χ0v) is 12.1. The van der Waals surface area contributed by atoms with E-state index < -0.39 is 14.2 Å². The van der Waals surface area contributed by atoms with Crippen LogP contribution in [-0.2, 0) is 0 Å². The number of aliphatic hydroxyl groups is 1. The lowest BCUT2D eigenvalue weighted by Gasteiger charge is -2.15. The molecule has 0 unspecified atom stereocenters. The van der Waals surface area contributed by atoms with Crippen LogP contribution in [0.5, 0.6) is 0 Å². The predicted molar refractivity (Wildman–Crippen MR) is 76.6 cm³/mol. The number of hydrogen-bond acceptors (Lipinski definition) is 1. The molecule has 0 saturated heterocycles. The molecule has 0 fully saturated rings. The van der Waals surface area contributed by atoms with Gasteiger partial charge in [0.1, 0.15) is 0 Å². The van der Waals surface area contributed by atoms with E-state index in [1.807, 2.05) is 43.3 Å². The van der Waals surface area contributed by atoms with Crippen LogP contribution in [0.1, 0.15) is 18.6 Å². The Bertz CT molecular complexity index is 397. The molecule has 1 nitrogen and oxygen atoms in total. The van der Waals surface area contributed by atoms with E-state index >= 15 is 0 Å². The van der Waals surface area contributed by atoms with Crippen LogP contribution >= 0.6 is 0 Å². The lowest BCUT2D eigenvalue weighted by atomic mass is 9.98. The molecule has 1 rings (SSSR count).